The summed E-state index contributed by atoms with van der Waals surface area (Å²) in [5.41, 5.74) is 3.07. The normalized spacial score (nSPS) is 19.1. The quantitative estimate of drug-likeness (QED) is 0.244. The lowest BCUT2D eigenvalue weighted by molar-refractivity contribution is -0.193. The third-order valence-electron chi connectivity index (χ3n) is 7.72. The first kappa shape index (κ1) is 44.4. The van der Waals surface area contributed by atoms with Crippen LogP contribution < -0.4 is 0 Å². The summed E-state index contributed by atoms with van der Waals surface area (Å²) < 4.78 is 97.3. The van der Waals surface area contributed by atoms with Gasteiger partial charge in [-0.3, -0.25) is 19.4 Å². The van der Waals surface area contributed by atoms with Crippen molar-refractivity contribution in [3.63, 3.8) is 0 Å². The van der Waals surface area contributed by atoms with Crippen LogP contribution in [-0.4, -0.2) is 102 Å². The molecule has 2 fully saturated rings. The molecule has 2 saturated heterocycles. The van der Waals surface area contributed by atoms with Crippen molar-refractivity contribution in [2.45, 2.75) is 70.3 Å². The van der Waals surface area contributed by atoms with E-state index in [0.29, 0.717) is 6.54 Å². The first-order valence-corrected chi connectivity index (χ1v) is 16.2. The molecule has 0 aromatic carbocycles. The van der Waals surface area contributed by atoms with Gasteiger partial charge in [-0.05, 0) is 67.3 Å². The van der Waals surface area contributed by atoms with E-state index in [0.717, 1.165) is 44.7 Å². The average Bonchev–Trinajstić information content (AvgIpc) is 3.81. The van der Waals surface area contributed by atoms with Crippen LogP contribution in [0.1, 0.15) is 55.6 Å². The standard InChI is InChI=1S/C25H31N5OS.3C2HF3O2/c1-19(2)30-23(7-11-27-30)22-16-28(14-20-8-13-32-17-20)18-25(22)9-5-12-29(24(25)31)15-21-6-3-4-10-26-21;3*3-2(4,5)1(6)7/h3-4,6-8,10-11,13,17,19,22H,5,9,12,14-16,18H2,1-2H3;3*(H,6,7)/t22-,25+;;;/m0.../s1. The second-order valence-corrected chi connectivity index (χ2v) is 12.6. The first-order valence-electron chi connectivity index (χ1n) is 15.3. The molecule has 5 heterocycles. The van der Waals surface area contributed by atoms with Crippen LogP contribution in [0.3, 0.4) is 0 Å². The zero-order valence-corrected chi connectivity index (χ0v) is 28.6. The van der Waals surface area contributed by atoms with Crippen LogP contribution in [0.25, 0.3) is 0 Å². The van der Waals surface area contributed by atoms with Gasteiger partial charge in [0.05, 0.1) is 17.7 Å². The molecule has 0 unspecified atom stereocenters. The smallest absolute Gasteiger partial charge is 0.475 e. The van der Waals surface area contributed by atoms with Gasteiger partial charge in [0, 0.05) is 56.2 Å². The molecule has 2 aliphatic heterocycles. The zero-order valence-electron chi connectivity index (χ0n) is 27.8. The number of hydrogen-bond acceptors (Lipinski definition) is 8. The number of carboxylic acid groups (broad SMARTS) is 3. The maximum atomic E-state index is 14.1. The highest BCUT2D eigenvalue weighted by molar-refractivity contribution is 7.07. The molecule has 0 radical (unpaired) electrons. The number of aromatic nitrogens is 3. The summed E-state index contributed by atoms with van der Waals surface area (Å²) in [6.07, 6.45) is -9.60. The Morgan fingerprint density at radius 2 is 1.45 bits per heavy atom. The molecule has 1 spiro atoms. The molecule has 3 aromatic rings. The number of pyridine rings is 1. The number of carbonyl (C=O) groups excluding carboxylic acids is 1. The highest BCUT2D eigenvalue weighted by Gasteiger charge is 2.56. The number of thiophene rings is 1. The number of halogens is 9. The van der Waals surface area contributed by atoms with Crippen molar-refractivity contribution < 1.29 is 74.0 Å². The summed E-state index contributed by atoms with van der Waals surface area (Å²) in [6, 6.07) is 10.5. The van der Waals surface area contributed by atoms with Crippen molar-refractivity contribution >= 4 is 35.2 Å². The molecule has 294 valence electrons. The third-order valence-corrected chi connectivity index (χ3v) is 8.45. The summed E-state index contributed by atoms with van der Waals surface area (Å²) in [6.45, 7) is 8.30. The van der Waals surface area contributed by atoms with Gasteiger partial charge in [-0.2, -0.15) is 55.9 Å². The summed E-state index contributed by atoms with van der Waals surface area (Å²) in [5.74, 6) is -7.85. The van der Waals surface area contributed by atoms with E-state index in [1.807, 2.05) is 35.5 Å². The van der Waals surface area contributed by atoms with Crippen LogP contribution in [0.5, 0.6) is 0 Å². The summed E-state index contributed by atoms with van der Waals surface area (Å²) in [5, 5.41) is 30.3. The van der Waals surface area contributed by atoms with Crippen LogP contribution in [0, 0.1) is 5.41 Å². The number of amides is 1. The molecule has 0 bridgehead atoms. The van der Waals surface area contributed by atoms with Gasteiger partial charge in [-0.1, -0.05) is 6.07 Å². The maximum absolute atomic E-state index is 14.1. The van der Waals surface area contributed by atoms with Crippen LogP contribution in [0.15, 0.2) is 53.5 Å². The minimum atomic E-state index is -5.08. The van der Waals surface area contributed by atoms with Crippen molar-refractivity contribution in [1.82, 2.24) is 24.6 Å². The molecule has 53 heavy (non-hydrogen) atoms. The Kier molecular flexibility index (Phi) is 15.4. The largest absolute Gasteiger partial charge is 0.490 e. The first-order chi connectivity index (χ1) is 24.4. The molecular weight excluding hydrogens is 757 g/mol. The monoisotopic (exact) mass is 791 g/mol. The van der Waals surface area contributed by atoms with Gasteiger partial charge in [-0.25, -0.2) is 14.4 Å². The van der Waals surface area contributed by atoms with E-state index in [9.17, 15) is 44.3 Å². The van der Waals surface area contributed by atoms with Crippen molar-refractivity contribution in [3.8, 4) is 0 Å². The maximum Gasteiger partial charge on any atom is 0.490 e. The lowest BCUT2D eigenvalue weighted by Gasteiger charge is -2.42. The molecule has 22 heteroatoms. The number of alkyl halides is 9. The van der Waals surface area contributed by atoms with E-state index in [1.165, 1.54) is 11.3 Å². The molecule has 3 aromatic heterocycles. The molecular formula is C31H34F9N5O7S. The minimum Gasteiger partial charge on any atom is -0.475 e. The molecule has 3 N–H and O–H groups in total. The number of carboxylic acids is 3. The lowest BCUT2D eigenvalue weighted by Crippen LogP contribution is -2.52. The number of aliphatic carboxylic acids is 3. The Bertz CT molecular complexity index is 1590. The molecule has 12 nitrogen and oxygen atoms in total. The fourth-order valence-corrected chi connectivity index (χ4v) is 6.25. The van der Waals surface area contributed by atoms with Crippen LogP contribution >= 0.6 is 11.3 Å². The van der Waals surface area contributed by atoms with E-state index in [-0.39, 0.29) is 17.9 Å². The zero-order chi connectivity index (χ0) is 40.4. The third kappa shape index (κ3) is 13.0. The lowest BCUT2D eigenvalue weighted by atomic mass is 9.70. The topological polar surface area (TPSA) is 166 Å². The van der Waals surface area contributed by atoms with E-state index in [1.54, 1.807) is 11.3 Å². The van der Waals surface area contributed by atoms with E-state index >= 15 is 0 Å². The average molecular weight is 792 g/mol. The van der Waals surface area contributed by atoms with Crippen LogP contribution in [-0.2, 0) is 32.3 Å². The molecule has 2 aliphatic rings. The van der Waals surface area contributed by atoms with E-state index < -0.39 is 41.9 Å². The molecule has 0 aliphatic carbocycles. The summed E-state index contributed by atoms with van der Waals surface area (Å²) >= 11 is 1.73. The Hall–Kier alpha value is -4.73. The van der Waals surface area contributed by atoms with Gasteiger partial charge in [0.1, 0.15) is 0 Å². The Labute approximate surface area is 299 Å². The summed E-state index contributed by atoms with van der Waals surface area (Å²) in [4.78, 5) is 49.8. The Balaban J connectivity index is 0.000000379. The van der Waals surface area contributed by atoms with Gasteiger partial charge in [0.25, 0.3) is 0 Å². The van der Waals surface area contributed by atoms with Gasteiger partial charge in [0.15, 0.2) is 0 Å². The van der Waals surface area contributed by atoms with Crippen LogP contribution in [0.4, 0.5) is 39.5 Å². The van der Waals surface area contributed by atoms with Gasteiger partial charge >= 0.3 is 36.4 Å². The van der Waals surface area contributed by atoms with Crippen molar-refractivity contribution in [3.05, 3.63) is 70.4 Å². The molecule has 0 saturated carbocycles. The van der Waals surface area contributed by atoms with Crippen LogP contribution in [0.2, 0.25) is 0 Å². The summed E-state index contributed by atoms with van der Waals surface area (Å²) in [7, 11) is 0. The van der Waals surface area contributed by atoms with E-state index in [2.05, 4.69) is 56.4 Å². The number of carbonyl (C=O) groups is 4. The Morgan fingerprint density at radius 1 is 0.887 bits per heavy atom. The number of hydrogen-bond donors (Lipinski definition) is 3. The van der Waals surface area contributed by atoms with Crippen molar-refractivity contribution in [2.75, 3.05) is 19.6 Å². The SMILES string of the molecule is CC(C)n1nccc1[C@@H]1CN(Cc2ccsc2)C[C@]12CCCN(Cc1ccccn1)C2=O.O=C(O)C(F)(F)F.O=C(O)C(F)(F)F.O=C(O)C(F)(F)F. The van der Waals surface area contributed by atoms with Gasteiger partial charge < -0.3 is 20.2 Å². The van der Waals surface area contributed by atoms with Gasteiger partial charge in [-0.15, -0.1) is 0 Å². The number of rotatable bonds is 6. The number of nitrogens with zero attached hydrogens (tertiary/aromatic N) is 5. The van der Waals surface area contributed by atoms with Crippen molar-refractivity contribution in [1.29, 1.82) is 0 Å². The fraction of sp³-hybridized carbons (Fsp3) is 0.484. The highest BCUT2D eigenvalue weighted by Crippen LogP contribution is 2.50. The second-order valence-electron chi connectivity index (χ2n) is 11.9. The minimum absolute atomic E-state index is 0.144. The van der Waals surface area contributed by atoms with Crippen molar-refractivity contribution in [2.24, 2.45) is 5.41 Å². The van der Waals surface area contributed by atoms with E-state index in [4.69, 9.17) is 29.7 Å². The number of piperidine rings is 1. The Morgan fingerprint density at radius 3 is 1.91 bits per heavy atom. The predicted octanol–water partition coefficient (Wildman–Crippen LogP) is 6.23. The molecule has 1 amide bonds. The highest BCUT2D eigenvalue weighted by atomic mass is 32.1. The van der Waals surface area contributed by atoms with Gasteiger partial charge in [0.2, 0.25) is 5.91 Å². The fourth-order valence-electron chi connectivity index (χ4n) is 5.59. The second kappa shape index (κ2) is 18.3. The molecule has 2 atom stereocenters. The predicted molar refractivity (Wildman–Crippen MR) is 167 cm³/mol. The number of likely N-dealkylation sites (tertiary alicyclic amines) is 2. The molecule has 5 rings (SSSR count).